The molecule has 0 atom stereocenters. The van der Waals surface area contributed by atoms with Crippen LogP contribution in [-0.2, 0) is 17.7 Å². The molecular weight excluding hydrogens is 330 g/mol. The monoisotopic (exact) mass is 355 g/mol. The molecule has 1 aliphatic rings. The van der Waals surface area contributed by atoms with E-state index in [1.807, 2.05) is 16.7 Å². The number of pyridine rings is 1. The Hall–Kier alpha value is -2.50. The fourth-order valence-electron chi connectivity index (χ4n) is 3.19. The summed E-state index contributed by atoms with van der Waals surface area (Å²) in [7, 11) is 1.70. The first-order chi connectivity index (χ1) is 12.8. The van der Waals surface area contributed by atoms with Crippen molar-refractivity contribution < 1.29 is 4.74 Å². The highest BCUT2D eigenvalue weighted by Gasteiger charge is 2.19. The molecule has 3 heterocycles. The van der Waals surface area contributed by atoms with E-state index >= 15 is 0 Å². The van der Waals surface area contributed by atoms with Crippen molar-refractivity contribution >= 4 is 5.82 Å². The van der Waals surface area contributed by atoms with Crippen molar-refractivity contribution in [2.24, 2.45) is 0 Å². The number of rotatable bonds is 8. The molecule has 3 rings (SSSR count). The average molecular weight is 355 g/mol. The van der Waals surface area contributed by atoms with Gasteiger partial charge in [0.05, 0.1) is 12.2 Å². The third-order valence-electron chi connectivity index (χ3n) is 4.71. The fourth-order valence-corrected chi connectivity index (χ4v) is 3.19. The molecule has 2 aromatic heterocycles. The summed E-state index contributed by atoms with van der Waals surface area (Å²) in [6.07, 6.45) is 6.42. The molecule has 0 radical (unpaired) electrons. The maximum absolute atomic E-state index is 8.86. The van der Waals surface area contributed by atoms with E-state index < -0.39 is 0 Å². The molecule has 1 N–H and O–H groups in total. The van der Waals surface area contributed by atoms with Gasteiger partial charge in [0.1, 0.15) is 24.0 Å². The normalized spacial score (nSPS) is 15.2. The number of nitriles is 1. The zero-order valence-electron chi connectivity index (χ0n) is 15.1. The van der Waals surface area contributed by atoms with Gasteiger partial charge in [0.15, 0.2) is 0 Å². The van der Waals surface area contributed by atoms with Crippen LogP contribution in [0.1, 0.15) is 24.2 Å². The van der Waals surface area contributed by atoms with Crippen molar-refractivity contribution in [3.8, 4) is 6.07 Å². The molecule has 8 heteroatoms. The van der Waals surface area contributed by atoms with E-state index in [1.54, 1.807) is 19.6 Å². The largest absolute Gasteiger partial charge is 0.383 e. The Kier molecular flexibility index (Phi) is 6.52. The number of hydrogen-bond donors (Lipinski definition) is 1. The summed E-state index contributed by atoms with van der Waals surface area (Å²) < 4.78 is 7.16. The van der Waals surface area contributed by atoms with Crippen LogP contribution in [-0.4, -0.2) is 59.1 Å². The molecule has 0 unspecified atom stereocenters. The third-order valence-corrected chi connectivity index (χ3v) is 4.71. The van der Waals surface area contributed by atoms with Crippen molar-refractivity contribution in [1.82, 2.24) is 25.1 Å². The minimum absolute atomic E-state index is 0.514. The van der Waals surface area contributed by atoms with Crippen LogP contribution in [0.2, 0.25) is 0 Å². The second kappa shape index (κ2) is 9.27. The zero-order valence-corrected chi connectivity index (χ0v) is 15.1. The highest BCUT2D eigenvalue weighted by molar-refractivity contribution is 5.42. The van der Waals surface area contributed by atoms with Crippen molar-refractivity contribution in [2.75, 3.05) is 38.3 Å². The molecule has 138 valence electrons. The topological polar surface area (TPSA) is 91.9 Å². The predicted molar refractivity (Wildman–Crippen MR) is 97.8 cm³/mol. The molecule has 0 saturated carbocycles. The molecule has 2 aromatic rings. The van der Waals surface area contributed by atoms with Crippen molar-refractivity contribution in [1.29, 1.82) is 5.26 Å². The lowest BCUT2D eigenvalue weighted by atomic mass is 10.0. The fraction of sp³-hybridized carbons (Fsp3) is 0.556. The van der Waals surface area contributed by atoms with Gasteiger partial charge < -0.3 is 19.5 Å². The lowest BCUT2D eigenvalue weighted by Crippen LogP contribution is -2.43. The molecule has 1 fully saturated rings. The summed E-state index contributed by atoms with van der Waals surface area (Å²) in [5.74, 6) is 1.95. The lowest BCUT2D eigenvalue weighted by Gasteiger charge is -2.33. The van der Waals surface area contributed by atoms with Crippen molar-refractivity contribution in [3.05, 3.63) is 36.0 Å². The lowest BCUT2D eigenvalue weighted by molar-refractivity contribution is 0.186. The summed E-state index contributed by atoms with van der Waals surface area (Å²) in [4.78, 5) is 6.66. The van der Waals surface area contributed by atoms with Crippen LogP contribution in [0.5, 0.6) is 0 Å². The molecule has 26 heavy (non-hydrogen) atoms. The first kappa shape index (κ1) is 18.3. The summed E-state index contributed by atoms with van der Waals surface area (Å²) >= 11 is 0. The highest BCUT2D eigenvalue weighted by atomic mass is 16.5. The van der Waals surface area contributed by atoms with Gasteiger partial charge >= 0.3 is 0 Å². The summed E-state index contributed by atoms with van der Waals surface area (Å²) in [6.45, 7) is 4.29. The van der Waals surface area contributed by atoms with Gasteiger partial charge in [0, 0.05) is 51.9 Å². The number of nitrogens with zero attached hydrogens (tertiary/aromatic N) is 6. The van der Waals surface area contributed by atoms with Gasteiger partial charge in [0.25, 0.3) is 0 Å². The standard InChI is InChI=1S/C18H25N7O/c1-26-11-10-25-14-22-23-18(25)4-7-20-16-5-8-24(9-6-16)17-3-2-15(12-19)13-21-17/h2-3,13-14,16,20H,4-11H2,1H3. The van der Waals surface area contributed by atoms with Gasteiger partial charge in [-0.1, -0.05) is 0 Å². The van der Waals surface area contributed by atoms with Gasteiger partial charge in [0.2, 0.25) is 0 Å². The summed E-state index contributed by atoms with van der Waals surface area (Å²) in [5, 5.41) is 20.7. The van der Waals surface area contributed by atoms with E-state index in [4.69, 9.17) is 10.00 Å². The summed E-state index contributed by atoms with van der Waals surface area (Å²) in [5.41, 5.74) is 0.601. The number of piperidine rings is 1. The number of nitrogens with one attached hydrogen (secondary N) is 1. The minimum atomic E-state index is 0.514. The van der Waals surface area contributed by atoms with Crippen molar-refractivity contribution in [3.63, 3.8) is 0 Å². The van der Waals surface area contributed by atoms with Crippen LogP contribution >= 0.6 is 0 Å². The van der Waals surface area contributed by atoms with Gasteiger partial charge in [-0.15, -0.1) is 10.2 Å². The van der Waals surface area contributed by atoms with Gasteiger partial charge in [-0.25, -0.2) is 4.98 Å². The third kappa shape index (κ3) is 4.77. The minimum Gasteiger partial charge on any atom is -0.383 e. The Balaban J connectivity index is 1.40. The SMILES string of the molecule is COCCn1cnnc1CCNC1CCN(c2ccc(C#N)cn2)CC1. The number of ether oxygens (including phenoxy) is 1. The number of hydrogen-bond acceptors (Lipinski definition) is 7. The van der Waals surface area contributed by atoms with E-state index in [9.17, 15) is 0 Å². The van der Waals surface area contributed by atoms with E-state index in [0.717, 1.165) is 57.1 Å². The van der Waals surface area contributed by atoms with E-state index in [-0.39, 0.29) is 0 Å². The van der Waals surface area contributed by atoms with Crippen LogP contribution in [0.4, 0.5) is 5.82 Å². The molecular formula is C18H25N7O. The van der Waals surface area contributed by atoms with E-state index in [1.165, 1.54) is 0 Å². The van der Waals surface area contributed by atoms with Crippen LogP contribution < -0.4 is 10.2 Å². The van der Waals surface area contributed by atoms with Crippen LogP contribution in [0.15, 0.2) is 24.7 Å². The first-order valence-electron chi connectivity index (χ1n) is 9.00. The number of anilines is 1. The average Bonchev–Trinajstić information content (AvgIpc) is 3.14. The molecule has 0 bridgehead atoms. The Labute approximate surface area is 153 Å². The predicted octanol–water partition coefficient (Wildman–Crippen LogP) is 0.992. The van der Waals surface area contributed by atoms with Crippen LogP contribution in [0, 0.1) is 11.3 Å². The number of methoxy groups -OCH3 is 1. The van der Waals surface area contributed by atoms with Crippen LogP contribution in [0.3, 0.4) is 0 Å². The number of aromatic nitrogens is 4. The molecule has 1 saturated heterocycles. The molecule has 1 aliphatic heterocycles. The molecule has 0 aromatic carbocycles. The maximum atomic E-state index is 8.86. The Morgan fingerprint density at radius 1 is 1.35 bits per heavy atom. The quantitative estimate of drug-likeness (QED) is 0.755. The second-order valence-electron chi connectivity index (χ2n) is 6.42. The van der Waals surface area contributed by atoms with Crippen molar-refractivity contribution in [2.45, 2.75) is 31.8 Å². The maximum Gasteiger partial charge on any atom is 0.134 e. The van der Waals surface area contributed by atoms with Gasteiger partial charge in [-0.2, -0.15) is 5.26 Å². The molecule has 0 amide bonds. The Morgan fingerprint density at radius 3 is 2.88 bits per heavy atom. The molecule has 0 aliphatic carbocycles. The van der Waals surface area contributed by atoms with Gasteiger partial charge in [-0.05, 0) is 25.0 Å². The molecule has 8 nitrogen and oxygen atoms in total. The highest BCUT2D eigenvalue weighted by Crippen LogP contribution is 2.18. The molecule has 0 spiro atoms. The Bertz CT molecular complexity index is 714. The van der Waals surface area contributed by atoms with Gasteiger partial charge in [-0.3, -0.25) is 0 Å². The van der Waals surface area contributed by atoms with Crippen LogP contribution in [0.25, 0.3) is 0 Å². The summed E-state index contributed by atoms with van der Waals surface area (Å²) in [6, 6.07) is 6.37. The zero-order chi connectivity index (χ0) is 18.2. The second-order valence-corrected chi connectivity index (χ2v) is 6.42. The van der Waals surface area contributed by atoms with E-state index in [0.29, 0.717) is 18.2 Å². The first-order valence-corrected chi connectivity index (χ1v) is 9.00. The Morgan fingerprint density at radius 2 is 2.19 bits per heavy atom. The van der Waals surface area contributed by atoms with E-state index in [2.05, 4.69) is 31.5 Å². The smallest absolute Gasteiger partial charge is 0.134 e.